The molecule has 0 bridgehead atoms. The Kier molecular flexibility index (Phi) is 6.37. The van der Waals surface area contributed by atoms with E-state index in [2.05, 4.69) is 24.1 Å². The first-order valence-electron chi connectivity index (χ1n) is 8.86. The van der Waals surface area contributed by atoms with Gasteiger partial charge in [-0.05, 0) is 31.6 Å². The molecule has 0 aliphatic heterocycles. The number of rotatable bonds is 7. The number of hydrogen-bond acceptors (Lipinski definition) is 4. The number of aromatic nitrogens is 1. The fraction of sp³-hybridized carbons (Fsp3) is 0.429. The van der Waals surface area contributed by atoms with Crippen LogP contribution in [0.5, 0.6) is 0 Å². The Morgan fingerprint density at radius 3 is 2.27 bits per heavy atom. The zero-order chi connectivity index (χ0) is 19.3. The molecular weight excluding hydrogens is 324 g/mol. The summed E-state index contributed by atoms with van der Waals surface area (Å²) in [6.07, 6.45) is 0. The smallest absolute Gasteiger partial charge is 0.255 e. The SMILES string of the molecule is CN(C)CC(C)(C)CNC(=O)c1ccc(-c2ccccc2)nc1N(C)C. The molecule has 0 aliphatic rings. The summed E-state index contributed by atoms with van der Waals surface area (Å²) in [5.74, 6) is 0.585. The van der Waals surface area contributed by atoms with Gasteiger partial charge in [-0.3, -0.25) is 4.79 Å². The summed E-state index contributed by atoms with van der Waals surface area (Å²) in [6, 6.07) is 13.8. The third kappa shape index (κ3) is 5.30. The van der Waals surface area contributed by atoms with E-state index in [1.807, 2.05) is 75.6 Å². The quantitative estimate of drug-likeness (QED) is 0.830. The predicted molar refractivity (Wildman–Crippen MR) is 109 cm³/mol. The highest BCUT2D eigenvalue weighted by Crippen LogP contribution is 2.23. The van der Waals surface area contributed by atoms with Gasteiger partial charge in [0.05, 0.1) is 11.3 Å². The van der Waals surface area contributed by atoms with E-state index in [0.29, 0.717) is 17.9 Å². The van der Waals surface area contributed by atoms with Crippen LogP contribution in [-0.2, 0) is 0 Å². The van der Waals surface area contributed by atoms with Gasteiger partial charge in [-0.15, -0.1) is 0 Å². The molecule has 0 unspecified atom stereocenters. The first kappa shape index (κ1) is 19.9. The Balaban J connectivity index is 2.21. The van der Waals surface area contributed by atoms with Gasteiger partial charge < -0.3 is 15.1 Å². The van der Waals surface area contributed by atoms with Gasteiger partial charge in [-0.2, -0.15) is 0 Å². The van der Waals surface area contributed by atoms with Crippen LogP contribution in [-0.4, -0.2) is 57.1 Å². The van der Waals surface area contributed by atoms with Crippen LogP contribution in [0, 0.1) is 5.41 Å². The van der Waals surface area contributed by atoms with Crippen LogP contribution >= 0.6 is 0 Å². The summed E-state index contributed by atoms with van der Waals surface area (Å²) < 4.78 is 0. The molecule has 0 fully saturated rings. The molecule has 0 saturated heterocycles. The Bertz CT molecular complexity index is 739. The molecule has 1 aromatic heterocycles. The number of nitrogens with zero attached hydrogens (tertiary/aromatic N) is 3. The van der Waals surface area contributed by atoms with Crippen LogP contribution in [0.15, 0.2) is 42.5 Å². The molecule has 140 valence electrons. The topological polar surface area (TPSA) is 48.5 Å². The Morgan fingerprint density at radius 2 is 1.69 bits per heavy atom. The number of hydrogen-bond donors (Lipinski definition) is 1. The molecule has 5 heteroatoms. The fourth-order valence-corrected chi connectivity index (χ4v) is 3.06. The van der Waals surface area contributed by atoms with Crippen molar-refractivity contribution >= 4 is 11.7 Å². The maximum absolute atomic E-state index is 12.8. The van der Waals surface area contributed by atoms with Crippen LogP contribution in [0.1, 0.15) is 24.2 Å². The highest BCUT2D eigenvalue weighted by molar-refractivity contribution is 5.99. The van der Waals surface area contributed by atoms with Crippen LogP contribution in [0.3, 0.4) is 0 Å². The highest BCUT2D eigenvalue weighted by atomic mass is 16.1. The van der Waals surface area contributed by atoms with Gasteiger partial charge >= 0.3 is 0 Å². The molecule has 1 N–H and O–H groups in total. The molecule has 26 heavy (non-hydrogen) atoms. The van der Waals surface area contributed by atoms with Crippen LogP contribution in [0.4, 0.5) is 5.82 Å². The molecule has 0 aliphatic carbocycles. The van der Waals surface area contributed by atoms with E-state index >= 15 is 0 Å². The lowest BCUT2D eigenvalue weighted by molar-refractivity contribution is 0.0929. The minimum atomic E-state index is -0.0901. The second kappa shape index (κ2) is 8.32. The van der Waals surface area contributed by atoms with Crippen molar-refractivity contribution in [3.63, 3.8) is 0 Å². The number of carbonyl (C=O) groups is 1. The monoisotopic (exact) mass is 354 g/mol. The van der Waals surface area contributed by atoms with E-state index in [1.54, 1.807) is 0 Å². The maximum atomic E-state index is 12.8. The van der Waals surface area contributed by atoms with Crippen LogP contribution in [0.2, 0.25) is 0 Å². The number of anilines is 1. The van der Waals surface area contributed by atoms with Gasteiger partial charge in [0.2, 0.25) is 0 Å². The summed E-state index contributed by atoms with van der Waals surface area (Å²) in [6.45, 7) is 5.81. The number of benzene rings is 1. The molecule has 2 aromatic rings. The lowest BCUT2D eigenvalue weighted by atomic mass is 9.93. The molecule has 1 aromatic carbocycles. The number of amides is 1. The maximum Gasteiger partial charge on any atom is 0.255 e. The lowest BCUT2D eigenvalue weighted by Gasteiger charge is -2.28. The molecule has 0 saturated carbocycles. The zero-order valence-corrected chi connectivity index (χ0v) is 16.7. The second-order valence-corrected chi connectivity index (χ2v) is 7.91. The van der Waals surface area contributed by atoms with Crippen molar-refractivity contribution < 1.29 is 4.79 Å². The van der Waals surface area contributed by atoms with Gasteiger partial charge in [0.1, 0.15) is 5.82 Å². The Morgan fingerprint density at radius 1 is 1.04 bits per heavy atom. The molecule has 1 amide bonds. The van der Waals surface area contributed by atoms with Crippen molar-refractivity contribution in [2.45, 2.75) is 13.8 Å². The van der Waals surface area contributed by atoms with Gasteiger partial charge in [0.25, 0.3) is 5.91 Å². The average Bonchev–Trinajstić information content (AvgIpc) is 2.59. The predicted octanol–water partition coefficient (Wildman–Crippen LogP) is 3.13. The lowest BCUT2D eigenvalue weighted by Crippen LogP contribution is -2.40. The van der Waals surface area contributed by atoms with E-state index in [1.165, 1.54) is 0 Å². The molecule has 1 heterocycles. The third-order valence-electron chi connectivity index (χ3n) is 4.08. The zero-order valence-electron chi connectivity index (χ0n) is 16.7. The molecule has 2 rings (SSSR count). The van der Waals surface area contributed by atoms with Crippen molar-refractivity contribution in [1.82, 2.24) is 15.2 Å². The minimum Gasteiger partial charge on any atom is -0.362 e. The van der Waals surface area contributed by atoms with Crippen molar-refractivity contribution in [2.24, 2.45) is 5.41 Å². The summed E-state index contributed by atoms with van der Waals surface area (Å²) >= 11 is 0. The van der Waals surface area contributed by atoms with Gasteiger partial charge in [0, 0.05) is 32.7 Å². The van der Waals surface area contributed by atoms with E-state index in [4.69, 9.17) is 4.98 Å². The van der Waals surface area contributed by atoms with Gasteiger partial charge in [0.15, 0.2) is 0 Å². The molecule has 0 atom stereocenters. The number of pyridine rings is 1. The summed E-state index contributed by atoms with van der Waals surface area (Å²) in [5.41, 5.74) is 2.48. The third-order valence-corrected chi connectivity index (χ3v) is 4.08. The van der Waals surface area contributed by atoms with E-state index in [-0.39, 0.29) is 11.3 Å². The highest BCUT2D eigenvalue weighted by Gasteiger charge is 2.22. The summed E-state index contributed by atoms with van der Waals surface area (Å²) in [4.78, 5) is 21.5. The van der Waals surface area contributed by atoms with Crippen LogP contribution < -0.4 is 10.2 Å². The number of carbonyl (C=O) groups excluding carboxylic acids is 1. The summed E-state index contributed by atoms with van der Waals surface area (Å²) in [5, 5.41) is 3.07. The molecule has 5 nitrogen and oxygen atoms in total. The molecular formula is C21H30N4O. The average molecular weight is 354 g/mol. The second-order valence-electron chi connectivity index (χ2n) is 7.91. The largest absolute Gasteiger partial charge is 0.362 e. The standard InChI is InChI=1S/C21H30N4O/c1-21(2,15-24(3)4)14-22-20(26)17-12-13-18(23-19(17)25(5)6)16-10-8-7-9-11-16/h7-13H,14-15H2,1-6H3,(H,22,26). The van der Waals surface area contributed by atoms with E-state index < -0.39 is 0 Å². The van der Waals surface area contributed by atoms with Gasteiger partial charge in [-0.25, -0.2) is 4.98 Å². The number of nitrogens with one attached hydrogen (secondary N) is 1. The van der Waals surface area contributed by atoms with E-state index in [9.17, 15) is 4.79 Å². The Labute approximate surface area is 157 Å². The first-order chi connectivity index (χ1) is 12.2. The van der Waals surface area contributed by atoms with Crippen molar-refractivity contribution in [2.75, 3.05) is 46.2 Å². The van der Waals surface area contributed by atoms with E-state index in [0.717, 1.165) is 17.8 Å². The first-order valence-corrected chi connectivity index (χ1v) is 8.86. The van der Waals surface area contributed by atoms with Crippen molar-refractivity contribution in [3.8, 4) is 11.3 Å². The minimum absolute atomic E-state index is 0.00511. The normalized spacial score (nSPS) is 11.5. The summed E-state index contributed by atoms with van der Waals surface area (Å²) in [7, 11) is 7.90. The van der Waals surface area contributed by atoms with Gasteiger partial charge in [-0.1, -0.05) is 44.2 Å². The van der Waals surface area contributed by atoms with Crippen molar-refractivity contribution in [3.05, 3.63) is 48.0 Å². The van der Waals surface area contributed by atoms with Crippen LogP contribution in [0.25, 0.3) is 11.3 Å². The molecule has 0 spiro atoms. The Hall–Kier alpha value is -2.40. The molecule has 0 radical (unpaired) electrons. The van der Waals surface area contributed by atoms with Crippen molar-refractivity contribution in [1.29, 1.82) is 0 Å². The fourth-order valence-electron chi connectivity index (χ4n) is 3.06.